The molecule has 0 heterocycles. The molecular weight excluding hydrogens is 268 g/mol. The number of hydrogen-bond acceptors (Lipinski definition) is 0. The van der Waals surface area contributed by atoms with E-state index < -0.39 is 11.7 Å². The van der Waals surface area contributed by atoms with Gasteiger partial charge in [0.25, 0.3) is 0 Å². The fraction of sp³-hybridized carbons (Fsp3) is 0.250. The number of benzene rings is 1. The standard InChI is InChI=1S/C8H5BrClF3/c1-4-2-5(8(11,12)13)3-6(10)7(4)9/h2-3H,1H3. The Hall–Kier alpha value is -0.220. The summed E-state index contributed by atoms with van der Waals surface area (Å²) in [5, 5.41) is 0.0762. The van der Waals surface area contributed by atoms with Crippen LogP contribution in [0.3, 0.4) is 0 Å². The van der Waals surface area contributed by atoms with E-state index in [0.717, 1.165) is 12.1 Å². The van der Waals surface area contributed by atoms with Gasteiger partial charge in [-0.25, -0.2) is 0 Å². The normalized spacial score (nSPS) is 11.8. The van der Waals surface area contributed by atoms with Crippen molar-refractivity contribution in [2.75, 3.05) is 0 Å². The van der Waals surface area contributed by atoms with Crippen molar-refractivity contribution in [2.24, 2.45) is 0 Å². The highest BCUT2D eigenvalue weighted by molar-refractivity contribution is 9.10. The van der Waals surface area contributed by atoms with Crippen LogP contribution in [0.1, 0.15) is 11.1 Å². The lowest BCUT2D eigenvalue weighted by Gasteiger charge is -2.09. The average molecular weight is 273 g/mol. The molecule has 0 saturated carbocycles. The molecule has 13 heavy (non-hydrogen) atoms. The summed E-state index contributed by atoms with van der Waals surface area (Å²) in [5.74, 6) is 0. The molecule has 0 nitrogen and oxygen atoms in total. The lowest BCUT2D eigenvalue weighted by Crippen LogP contribution is -2.05. The van der Waals surface area contributed by atoms with Crippen LogP contribution in [0, 0.1) is 6.92 Å². The second kappa shape index (κ2) is 3.50. The zero-order valence-corrected chi connectivity index (χ0v) is 8.89. The van der Waals surface area contributed by atoms with Gasteiger partial charge in [0.1, 0.15) is 0 Å². The minimum Gasteiger partial charge on any atom is -0.166 e. The van der Waals surface area contributed by atoms with Gasteiger partial charge in [0.15, 0.2) is 0 Å². The second-order valence-electron chi connectivity index (χ2n) is 2.59. The molecule has 0 amide bonds. The molecule has 0 fully saturated rings. The van der Waals surface area contributed by atoms with Crippen molar-refractivity contribution in [1.82, 2.24) is 0 Å². The Kier molecular flexibility index (Phi) is 2.92. The van der Waals surface area contributed by atoms with Crippen LogP contribution in [-0.2, 0) is 6.18 Å². The predicted octanol–water partition coefficient (Wildman–Crippen LogP) is 4.43. The summed E-state index contributed by atoms with van der Waals surface area (Å²) in [5.41, 5.74) is -0.252. The summed E-state index contributed by atoms with van der Waals surface area (Å²) < 4.78 is 37.1. The molecule has 0 aliphatic rings. The van der Waals surface area contributed by atoms with E-state index >= 15 is 0 Å². The van der Waals surface area contributed by atoms with Gasteiger partial charge in [-0.3, -0.25) is 0 Å². The molecule has 0 spiro atoms. The summed E-state index contributed by atoms with van der Waals surface area (Å²) in [6, 6.07) is 1.95. The van der Waals surface area contributed by atoms with E-state index in [1.807, 2.05) is 0 Å². The molecular formula is C8H5BrClF3. The molecule has 0 aliphatic heterocycles. The number of aryl methyl sites for hydroxylation is 1. The van der Waals surface area contributed by atoms with E-state index in [0.29, 0.717) is 10.0 Å². The third-order valence-corrected chi connectivity index (χ3v) is 3.12. The van der Waals surface area contributed by atoms with Gasteiger partial charge in [-0.05, 0) is 40.5 Å². The summed E-state index contributed by atoms with van der Waals surface area (Å²) >= 11 is 8.66. The first-order valence-corrected chi connectivity index (χ1v) is 4.52. The predicted molar refractivity (Wildman–Crippen MR) is 48.9 cm³/mol. The highest BCUT2D eigenvalue weighted by Crippen LogP contribution is 2.35. The number of alkyl halides is 3. The molecule has 5 heteroatoms. The summed E-state index contributed by atoms with van der Waals surface area (Å²) in [4.78, 5) is 0. The Labute approximate surface area is 86.8 Å². The summed E-state index contributed by atoms with van der Waals surface area (Å²) in [6.07, 6.45) is -4.34. The summed E-state index contributed by atoms with van der Waals surface area (Å²) in [7, 11) is 0. The Bertz CT molecular complexity index is 310. The first-order chi connectivity index (χ1) is 5.82. The van der Waals surface area contributed by atoms with Gasteiger partial charge >= 0.3 is 6.18 Å². The van der Waals surface area contributed by atoms with Crippen LogP contribution in [0.4, 0.5) is 13.2 Å². The van der Waals surface area contributed by atoms with Crippen LogP contribution < -0.4 is 0 Å². The maximum absolute atomic E-state index is 12.2. The number of halogens is 5. The molecule has 0 aromatic heterocycles. The molecule has 72 valence electrons. The largest absolute Gasteiger partial charge is 0.416 e. The van der Waals surface area contributed by atoms with Crippen LogP contribution in [-0.4, -0.2) is 0 Å². The first-order valence-electron chi connectivity index (χ1n) is 3.35. The van der Waals surface area contributed by atoms with E-state index in [-0.39, 0.29) is 5.02 Å². The molecule has 1 aromatic carbocycles. The van der Waals surface area contributed by atoms with Crippen molar-refractivity contribution in [1.29, 1.82) is 0 Å². The third kappa shape index (κ3) is 2.38. The number of hydrogen-bond donors (Lipinski definition) is 0. The van der Waals surface area contributed by atoms with Gasteiger partial charge in [-0.2, -0.15) is 13.2 Å². The minimum atomic E-state index is -4.34. The monoisotopic (exact) mass is 272 g/mol. The molecule has 0 saturated heterocycles. The molecule has 0 N–H and O–H groups in total. The lowest BCUT2D eigenvalue weighted by molar-refractivity contribution is -0.137. The second-order valence-corrected chi connectivity index (χ2v) is 3.79. The van der Waals surface area contributed by atoms with Gasteiger partial charge in [-0.1, -0.05) is 11.6 Å². The maximum Gasteiger partial charge on any atom is 0.416 e. The lowest BCUT2D eigenvalue weighted by atomic mass is 10.1. The molecule has 0 radical (unpaired) electrons. The van der Waals surface area contributed by atoms with Crippen molar-refractivity contribution in [2.45, 2.75) is 13.1 Å². The number of rotatable bonds is 0. The van der Waals surface area contributed by atoms with Crippen LogP contribution in [0.25, 0.3) is 0 Å². The third-order valence-electron chi connectivity index (χ3n) is 1.54. The van der Waals surface area contributed by atoms with Crippen molar-refractivity contribution >= 4 is 27.5 Å². The van der Waals surface area contributed by atoms with Gasteiger partial charge in [0, 0.05) is 4.47 Å². The van der Waals surface area contributed by atoms with Gasteiger partial charge in [0.05, 0.1) is 10.6 Å². The Morgan fingerprint density at radius 2 is 1.85 bits per heavy atom. The van der Waals surface area contributed by atoms with Crippen molar-refractivity contribution in [3.8, 4) is 0 Å². The van der Waals surface area contributed by atoms with Crippen molar-refractivity contribution in [3.63, 3.8) is 0 Å². The Morgan fingerprint density at radius 1 is 1.31 bits per heavy atom. The molecule has 0 atom stereocenters. The van der Waals surface area contributed by atoms with E-state index in [2.05, 4.69) is 15.9 Å². The fourth-order valence-electron chi connectivity index (χ4n) is 0.890. The molecule has 0 unspecified atom stereocenters. The Morgan fingerprint density at radius 3 is 2.23 bits per heavy atom. The SMILES string of the molecule is Cc1cc(C(F)(F)F)cc(Cl)c1Br. The summed E-state index contributed by atoms with van der Waals surface area (Å²) in [6.45, 7) is 1.56. The van der Waals surface area contributed by atoms with Gasteiger partial charge in [0.2, 0.25) is 0 Å². The van der Waals surface area contributed by atoms with Crippen molar-refractivity contribution < 1.29 is 13.2 Å². The first kappa shape index (κ1) is 10.9. The van der Waals surface area contributed by atoms with E-state index in [9.17, 15) is 13.2 Å². The van der Waals surface area contributed by atoms with E-state index in [1.54, 1.807) is 6.92 Å². The molecule has 1 rings (SSSR count). The van der Waals surface area contributed by atoms with Crippen LogP contribution in [0.15, 0.2) is 16.6 Å². The topological polar surface area (TPSA) is 0 Å². The molecule has 1 aromatic rings. The minimum absolute atomic E-state index is 0.0762. The fourth-order valence-corrected chi connectivity index (χ4v) is 1.39. The average Bonchev–Trinajstić information content (AvgIpc) is 1.97. The molecule has 0 bridgehead atoms. The highest BCUT2D eigenvalue weighted by atomic mass is 79.9. The quantitative estimate of drug-likeness (QED) is 0.656. The zero-order valence-electron chi connectivity index (χ0n) is 6.54. The van der Waals surface area contributed by atoms with Crippen LogP contribution >= 0.6 is 27.5 Å². The van der Waals surface area contributed by atoms with E-state index in [1.165, 1.54) is 0 Å². The highest BCUT2D eigenvalue weighted by Gasteiger charge is 2.31. The van der Waals surface area contributed by atoms with Crippen LogP contribution in [0.2, 0.25) is 5.02 Å². The van der Waals surface area contributed by atoms with Gasteiger partial charge in [-0.15, -0.1) is 0 Å². The van der Waals surface area contributed by atoms with Crippen LogP contribution in [0.5, 0.6) is 0 Å². The zero-order chi connectivity index (χ0) is 10.2. The van der Waals surface area contributed by atoms with Gasteiger partial charge < -0.3 is 0 Å². The maximum atomic E-state index is 12.2. The molecule has 0 aliphatic carbocycles. The van der Waals surface area contributed by atoms with E-state index in [4.69, 9.17) is 11.6 Å². The Balaban J connectivity index is 3.29. The smallest absolute Gasteiger partial charge is 0.166 e. The van der Waals surface area contributed by atoms with Crippen molar-refractivity contribution in [3.05, 3.63) is 32.8 Å².